The minimum atomic E-state index is -0.668. The lowest BCUT2D eigenvalue weighted by atomic mass is 9.96. The van der Waals surface area contributed by atoms with Crippen LogP contribution >= 0.6 is 23.2 Å². The predicted molar refractivity (Wildman–Crippen MR) is 271 cm³/mol. The Bertz CT molecular complexity index is 2980. The zero-order chi connectivity index (χ0) is 50.9. The predicted octanol–water partition coefficient (Wildman–Crippen LogP) is 7.58. The molecule has 8 N–H and O–H groups in total. The highest BCUT2D eigenvalue weighted by Crippen LogP contribution is 2.52. The molecule has 4 aliphatic rings. The third kappa shape index (κ3) is 9.96. The number of pyridine rings is 2. The molecular weight excluding hydrogens is 960 g/mol. The van der Waals surface area contributed by atoms with Crippen LogP contribution in [0.2, 0.25) is 10.0 Å². The van der Waals surface area contributed by atoms with E-state index in [4.69, 9.17) is 65.8 Å². The summed E-state index contributed by atoms with van der Waals surface area (Å²) in [7, 11) is 0. The van der Waals surface area contributed by atoms with E-state index in [0.29, 0.717) is 68.9 Å². The molecule has 18 nitrogen and oxygen atoms in total. The Hall–Kier alpha value is -8.06. The summed E-state index contributed by atoms with van der Waals surface area (Å²) in [4.78, 5) is 62.1. The summed E-state index contributed by atoms with van der Waals surface area (Å²) in [6.07, 6.45) is 10.1. The van der Waals surface area contributed by atoms with E-state index in [2.05, 4.69) is 33.6 Å². The molecule has 0 radical (unpaired) electrons. The first-order valence-corrected chi connectivity index (χ1v) is 24.0. The molecule has 72 heavy (non-hydrogen) atoms. The second-order valence-corrected chi connectivity index (χ2v) is 19.0. The van der Waals surface area contributed by atoms with Gasteiger partial charge in [-0.3, -0.25) is 19.2 Å². The Morgan fingerprint density at radius 2 is 0.958 bits per heavy atom. The number of rotatable bonds is 10. The molecule has 4 aromatic heterocycles. The van der Waals surface area contributed by atoms with Crippen LogP contribution in [-0.4, -0.2) is 87.1 Å². The molecule has 2 aliphatic heterocycles. The molecule has 2 atom stereocenters. The molecule has 0 unspecified atom stereocenters. The van der Waals surface area contributed by atoms with Crippen molar-refractivity contribution in [2.24, 2.45) is 11.5 Å². The number of amides is 4. The smallest absolute Gasteiger partial charge is 0.298 e. The molecule has 10 rings (SSSR count). The van der Waals surface area contributed by atoms with Gasteiger partial charge >= 0.3 is 0 Å². The van der Waals surface area contributed by atoms with Crippen molar-refractivity contribution >= 4 is 58.5 Å². The zero-order valence-corrected chi connectivity index (χ0v) is 40.9. The maximum Gasteiger partial charge on any atom is 0.298 e. The van der Waals surface area contributed by atoms with Crippen molar-refractivity contribution in [1.29, 1.82) is 0 Å². The summed E-state index contributed by atoms with van der Waals surface area (Å²) in [5.41, 5.74) is 26.4. The summed E-state index contributed by atoms with van der Waals surface area (Å²) >= 11 is 11.7. The number of halogens is 2. The van der Waals surface area contributed by atoms with Gasteiger partial charge in [0.2, 0.25) is 11.8 Å². The highest BCUT2D eigenvalue weighted by molar-refractivity contribution is 6.30. The molecule has 6 aromatic rings. The van der Waals surface area contributed by atoms with Crippen molar-refractivity contribution in [1.82, 2.24) is 39.3 Å². The van der Waals surface area contributed by atoms with Gasteiger partial charge in [0, 0.05) is 59.8 Å². The number of piperidine rings is 2. The normalized spacial score (nSPS) is 17.8. The second kappa shape index (κ2) is 20.0. The van der Waals surface area contributed by atoms with E-state index in [0.717, 1.165) is 51.4 Å². The maximum absolute atomic E-state index is 12.7. The van der Waals surface area contributed by atoms with Gasteiger partial charge in [-0.25, -0.2) is 19.3 Å². The molecule has 4 fully saturated rings. The van der Waals surface area contributed by atoms with Crippen LogP contribution in [0.25, 0.3) is 22.5 Å². The van der Waals surface area contributed by atoms with E-state index < -0.39 is 11.8 Å². The first-order chi connectivity index (χ1) is 34.6. The van der Waals surface area contributed by atoms with Gasteiger partial charge in [0.1, 0.15) is 45.6 Å². The Morgan fingerprint density at radius 1 is 0.583 bits per heavy atom. The molecule has 2 spiro atoms. The standard InChI is InChI=1S/2C26H25ClN6O3/c2*1-2-3-21(34)32-15-18(10-11-26(32)12-13-26)33-24(28)22(25(29)35)23(31-33)16-4-7-19(8-5-16)36-20-9-6-17(27)14-30-20/h2*4-9,14,18H,10-13,15,28H2,1H3,(H2,29,35)/t2*18-/m10/s1. The van der Waals surface area contributed by atoms with Crippen molar-refractivity contribution in [3.8, 4) is 69.5 Å². The van der Waals surface area contributed by atoms with Crippen LogP contribution in [0.4, 0.5) is 11.6 Å². The van der Waals surface area contributed by atoms with Crippen LogP contribution in [0, 0.1) is 23.7 Å². The monoisotopic (exact) mass is 1010 g/mol. The first kappa shape index (κ1) is 48.9. The van der Waals surface area contributed by atoms with Crippen molar-refractivity contribution in [3.63, 3.8) is 0 Å². The highest BCUT2D eigenvalue weighted by Gasteiger charge is 2.54. The highest BCUT2D eigenvalue weighted by atomic mass is 35.5. The second-order valence-electron chi connectivity index (χ2n) is 18.1. The molecule has 2 saturated carbocycles. The molecule has 368 valence electrons. The minimum Gasteiger partial charge on any atom is -0.439 e. The van der Waals surface area contributed by atoms with Crippen LogP contribution < -0.4 is 32.4 Å². The van der Waals surface area contributed by atoms with Crippen LogP contribution in [0.3, 0.4) is 0 Å². The van der Waals surface area contributed by atoms with Gasteiger partial charge in [0.25, 0.3) is 23.6 Å². The summed E-state index contributed by atoms with van der Waals surface area (Å²) in [5, 5.41) is 10.4. The number of nitrogen functional groups attached to an aromatic ring is 2. The number of benzene rings is 2. The Labute approximate surface area is 424 Å². The number of aromatic nitrogens is 6. The van der Waals surface area contributed by atoms with Gasteiger partial charge < -0.3 is 42.2 Å². The largest absolute Gasteiger partial charge is 0.439 e. The fraction of sp³-hybridized carbons (Fsp3) is 0.308. The van der Waals surface area contributed by atoms with Crippen molar-refractivity contribution in [2.75, 3.05) is 24.6 Å². The number of primary amides is 2. The lowest BCUT2D eigenvalue weighted by Crippen LogP contribution is -2.49. The summed E-state index contributed by atoms with van der Waals surface area (Å²) in [6.45, 7) is 4.16. The maximum atomic E-state index is 12.7. The van der Waals surface area contributed by atoms with Crippen LogP contribution in [0.5, 0.6) is 23.3 Å². The van der Waals surface area contributed by atoms with Gasteiger partial charge in [-0.2, -0.15) is 10.2 Å². The number of ether oxygens (including phenoxy) is 2. The minimum absolute atomic E-state index is 0.108. The SMILES string of the molecule is CC#CC(=O)N1C[C@@H](n2nc(-c3ccc(Oc4ccc(Cl)cn4)cc3)c(C(N)=O)c2N)CCC12CC2.CC#CC(=O)N1C[C@H](n2nc(-c3ccc(Oc4ccc(Cl)cn4)cc3)c(C(N)=O)c2N)CCC12CC2. The van der Waals surface area contributed by atoms with Crippen molar-refractivity contribution in [2.45, 2.75) is 88.4 Å². The van der Waals surface area contributed by atoms with Crippen LogP contribution in [0.15, 0.2) is 85.2 Å². The third-order valence-corrected chi connectivity index (χ3v) is 14.1. The number of hydrogen-bond donors (Lipinski definition) is 4. The van der Waals surface area contributed by atoms with Gasteiger partial charge in [-0.05, 0) is 138 Å². The van der Waals surface area contributed by atoms with E-state index >= 15 is 0 Å². The van der Waals surface area contributed by atoms with E-state index in [1.807, 2.05) is 9.80 Å². The number of carbonyl (C=O) groups excluding carboxylic acids is 4. The molecular formula is C52H50Cl2N12O6. The Kier molecular flexibility index (Phi) is 13.6. The number of carbonyl (C=O) groups is 4. The molecule has 6 heterocycles. The number of nitrogens with zero attached hydrogens (tertiary/aromatic N) is 8. The van der Waals surface area contributed by atoms with E-state index in [-0.39, 0.29) is 57.7 Å². The summed E-state index contributed by atoms with van der Waals surface area (Å²) in [6, 6.07) is 20.4. The third-order valence-electron chi connectivity index (χ3n) is 13.6. The average Bonchev–Trinajstić information content (AvgIpc) is 4.26. The quantitative estimate of drug-likeness (QED) is 0.0969. The van der Waals surface area contributed by atoms with E-state index in [1.54, 1.807) is 96.0 Å². The van der Waals surface area contributed by atoms with E-state index in [9.17, 15) is 19.2 Å². The number of nitrogens with two attached hydrogens (primary N) is 4. The lowest BCUT2D eigenvalue weighted by Gasteiger charge is -2.39. The summed E-state index contributed by atoms with van der Waals surface area (Å²) in [5.74, 6) is 11.3. The van der Waals surface area contributed by atoms with Crippen molar-refractivity contribution in [3.05, 3.63) is 106 Å². The van der Waals surface area contributed by atoms with Crippen LogP contribution in [0.1, 0.15) is 98.0 Å². The molecule has 2 saturated heterocycles. The van der Waals surface area contributed by atoms with Crippen molar-refractivity contribution < 1.29 is 28.7 Å². The Balaban J connectivity index is 0.000000178. The molecule has 0 bridgehead atoms. The number of anilines is 2. The number of likely N-dealkylation sites (tertiary alicyclic amines) is 2. The van der Waals surface area contributed by atoms with Gasteiger partial charge in [0.15, 0.2) is 0 Å². The van der Waals surface area contributed by atoms with Gasteiger partial charge in [0.05, 0.1) is 22.1 Å². The van der Waals surface area contributed by atoms with Gasteiger partial charge in [-0.15, -0.1) is 0 Å². The number of hydrogen-bond acceptors (Lipinski definition) is 12. The summed E-state index contributed by atoms with van der Waals surface area (Å²) < 4.78 is 14.8. The lowest BCUT2D eigenvalue weighted by molar-refractivity contribution is -0.131. The Morgan fingerprint density at radius 3 is 1.26 bits per heavy atom. The average molecular weight is 1010 g/mol. The first-order valence-electron chi connectivity index (χ1n) is 23.3. The molecule has 20 heteroatoms. The molecule has 2 aromatic carbocycles. The topological polar surface area (TPSA) is 259 Å². The van der Waals surface area contributed by atoms with Gasteiger partial charge in [-0.1, -0.05) is 35.0 Å². The van der Waals surface area contributed by atoms with Crippen LogP contribution in [-0.2, 0) is 9.59 Å². The molecule has 4 amide bonds. The zero-order valence-electron chi connectivity index (χ0n) is 39.4. The fourth-order valence-electron chi connectivity index (χ4n) is 9.60. The molecule has 2 aliphatic carbocycles. The fourth-order valence-corrected chi connectivity index (χ4v) is 9.82. The van der Waals surface area contributed by atoms with E-state index in [1.165, 1.54) is 12.4 Å².